The molecule has 39 heavy (non-hydrogen) atoms. The van der Waals surface area contributed by atoms with Crippen molar-refractivity contribution in [2.24, 2.45) is 7.05 Å². The summed E-state index contributed by atoms with van der Waals surface area (Å²) < 4.78 is 41.1. The van der Waals surface area contributed by atoms with Gasteiger partial charge in [0.25, 0.3) is 0 Å². The number of rotatable bonds is 9. The number of benzene rings is 2. The van der Waals surface area contributed by atoms with Crippen LogP contribution in [0.5, 0.6) is 11.5 Å². The number of ether oxygens (including phenoxy) is 2. The third-order valence-corrected chi connectivity index (χ3v) is 8.10. The minimum Gasteiger partial charge on any atom is -0.497 e. The fraction of sp³-hybridized carbons (Fsp3) is 0.222. The minimum atomic E-state index is -3.78. The van der Waals surface area contributed by atoms with E-state index in [4.69, 9.17) is 9.47 Å². The number of aromatic nitrogens is 5. The highest BCUT2D eigenvalue weighted by Crippen LogP contribution is 2.36. The summed E-state index contributed by atoms with van der Waals surface area (Å²) >= 11 is 0. The first-order valence-electron chi connectivity index (χ1n) is 12.0. The first kappa shape index (κ1) is 26.2. The van der Waals surface area contributed by atoms with Gasteiger partial charge in [-0.25, -0.2) is 8.96 Å². The standard InChI is InChI=1S/C27H29N7O4S/c1-31(2)39(35,36)34-9-8-28-27(34)18-33(23-12-24(37-4)14-25(13-23)38-5)22-6-7-26-19(11-22)10-20(15-29-26)21-16-30-32(3)17-21/h6-17H,18H2,1-5H3. The first-order chi connectivity index (χ1) is 18.7. The average Bonchev–Trinajstić information content (AvgIpc) is 3.60. The second-order valence-corrected chi connectivity index (χ2v) is 11.1. The molecule has 0 aliphatic heterocycles. The number of nitrogens with zero attached hydrogens (tertiary/aromatic N) is 7. The maximum Gasteiger partial charge on any atom is 0.308 e. The highest BCUT2D eigenvalue weighted by molar-refractivity contribution is 7.87. The highest BCUT2D eigenvalue weighted by Gasteiger charge is 2.23. The molecule has 0 saturated carbocycles. The molecule has 202 valence electrons. The van der Waals surface area contributed by atoms with E-state index in [1.165, 1.54) is 30.5 Å². The molecule has 5 aromatic rings. The van der Waals surface area contributed by atoms with Crippen LogP contribution in [0.3, 0.4) is 0 Å². The van der Waals surface area contributed by atoms with Crippen molar-refractivity contribution in [2.45, 2.75) is 6.54 Å². The zero-order chi connectivity index (χ0) is 27.7. The van der Waals surface area contributed by atoms with Crippen LogP contribution in [0.1, 0.15) is 5.82 Å². The van der Waals surface area contributed by atoms with Gasteiger partial charge in [-0.05, 0) is 24.3 Å². The Hall–Kier alpha value is -4.42. The van der Waals surface area contributed by atoms with E-state index in [0.29, 0.717) is 17.3 Å². The van der Waals surface area contributed by atoms with E-state index in [1.807, 2.05) is 54.7 Å². The van der Waals surface area contributed by atoms with Gasteiger partial charge in [0.1, 0.15) is 17.3 Å². The summed E-state index contributed by atoms with van der Waals surface area (Å²) in [6, 6.07) is 13.5. The summed E-state index contributed by atoms with van der Waals surface area (Å²) in [6.07, 6.45) is 8.48. The zero-order valence-corrected chi connectivity index (χ0v) is 23.1. The lowest BCUT2D eigenvalue weighted by Gasteiger charge is -2.26. The van der Waals surface area contributed by atoms with Crippen molar-refractivity contribution < 1.29 is 17.9 Å². The quantitative estimate of drug-likeness (QED) is 0.274. The van der Waals surface area contributed by atoms with E-state index in [1.54, 1.807) is 31.2 Å². The molecule has 2 aromatic carbocycles. The Morgan fingerprint density at radius 2 is 1.64 bits per heavy atom. The fourth-order valence-electron chi connectivity index (χ4n) is 4.26. The van der Waals surface area contributed by atoms with Gasteiger partial charge in [0, 0.05) is 92.0 Å². The number of pyridine rings is 1. The van der Waals surface area contributed by atoms with E-state index in [-0.39, 0.29) is 6.54 Å². The largest absolute Gasteiger partial charge is 0.497 e. The van der Waals surface area contributed by atoms with Gasteiger partial charge in [-0.1, -0.05) is 0 Å². The molecule has 0 aliphatic carbocycles. The van der Waals surface area contributed by atoms with E-state index in [9.17, 15) is 8.42 Å². The van der Waals surface area contributed by atoms with Gasteiger partial charge < -0.3 is 14.4 Å². The molecule has 0 bridgehead atoms. The number of methoxy groups -OCH3 is 2. The molecule has 0 atom stereocenters. The van der Waals surface area contributed by atoms with Crippen LogP contribution in [0.4, 0.5) is 11.4 Å². The molecule has 11 nitrogen and oxygen atoms in total. The molecular formula is C27H29N7O4S. The van der Waals surface area contributed by atoms with Crippen LogP contribution in [-0.2, 0) is 23.8 Å². The molecule has 5 rings (SSSR count). The van der Waals surface area contributed by atoms with Crippen molar-refractivity contribution in [3.8, 4) is 22.6 Å². The molecule has 0 radical (unpaired) electrons. The molecular weight excluding hydrogens is 518 g/mol. The topological polar surface area (TPSA) is 108 Å². The Balaban J connectivity index is 1.65. The predicted octanol–water partition coefficient (Wildman–Crippen LogP) is 3.84. The molecule has 0 spiro atoms. The third kappa shape index (κ3) is 5.16. The van der Waals surface area contributed by atoms with Gasteiger partial charge in [-0.2, -0.15) is 17.8 Å². The molecule has 0 N–H and O–H groups in total. The van der Waals surface area contributed by atoms with Crippen molar-refractivity contribution in [1.29, 1.82) is 0 Å². The Morgan fingerprint density at radius 3 is 2.28 bits per heavy atom. The Kier molecular flexibility index (Phi) is 6.98. The lowest BCUT2D eigenvalue weighted by Crippen LogP contribution is -2.31. The second-order valence-electron chi connectivity index (χ2n) is 9.09. The zero-order valence-electron chi connectivity index (χ0n) is 22.3. The molecule has 0 unspecified atom stereocenters. The smallest absolute Gasteiger partial charge is 0.308 e. The average molecular weight is 548 g/mol. The maximum atomic E-state index is 13.0. The Bertz CT molecular complexity index is 1720. The molecule has 0 fully saturated rings. The molecule has 0 aliphatic rings. The predicted molar refractivity (Wildman–Crippen MR) is 150 cm³/mol. The van der Waals surface area contributed by atoms with Crippen molar-refractivity contribution >= 4 is 32.5 Å². The van der Waals surface area contributed by atoms with Gasteiger partial charge in [-0.15, -0.1) is 0 Å². The van der Waals surface area contributed by atoms with Crippen LogP contribution < -0.4 is 14.4 Å². The second kappa shape index (κ2) is 10.4. The summed E-state index contributed by atoms with van der Waals surface area (Å²) in [4.78, 5) is 11.0. The van der Waals surface area contributed by atoms with Gasteiger partial charge in [-0.3, -0.25) is 9.67 Å². The van der Waals surface area contributed by atoms with Crippen LogP contribution in [0, 0.1) is 0 Å². The highest BCUT2D eigenvalue weighted by atomic mass is 32.2. The monoisotopic (exact) mass is 547 g/mol. The van der Waals surface area contributed by atoms with Crippen molar-refractivity contribution in [2.75, 3.05) is 33.2 Å². The van der Waals surface area contributed by atoms with Crippen LogP contribution in [0.15, 0.2) is 73.4 Å². The number of aryl methyl sites for hydroxylation is 1. The number of imidazole rings is 1. The minimum absolute atomic E-state index is 0.150. The summed E-state index contributed by atoms with van der Waals surface area (Å²) in [6.45, 7) is 0.150. The van der Waals surface area contributed by atoms with Crippen LogP contribution in [0.25, 0.3) is 22.0 Å². The van der Waals surface area contributed by atoms with Gasteiger partial charge in [0.2, 0.25) is 0 Å². The molecule has 0 saturated heterocycles. The normalized spacial score (nSPS) is 11.7. The summed E-state index contributed by atoms with van der Waals surface area (Å²) in [5, 5.41) is 5.18. The maximum absolute atomic E-state index is 13.0. The third-order valence-electron chi connectivity index (χ3n) is 6.35. The first-order valence-corrected chi connectivity index (χ1v) is 13.4. The number of fused-ring (bicyclic) bond motifs is 1. The van der Waals surface area contributed by atoms with E-state index >= 15 is 0 Å². The van der Waals surface area contributed by atoms with Gasteiger partial charge in [0.15, 0.2) is 0 Å². The molecule has 12 heteroatoms. The van der Waals surface area contributed by atoms with Gasteiger partial charge >= 0.3 is 10.2 Å². The fourth-order valence-corrected chi connectivity index (χ4v) is 5.19. The van der Waals surface area contributed by atoms with Crippen molar-refractivity contribution in [3.05, 3.63) is 79.3 Å². The Labute approximate surface area is 227 Å². The van der Waals surface area contributed by atoms with E-state index in [0.717, 1.165) is 37.7 Å². The lowest BCUT2D eigenvalue weighted by atomic mass is 10.1. The SMILES string of the molecule is COc1cc(OC)cc(N(Cc2nccn2S(=O)(=O)N(C)C)c2ccc3ncc(-c4cnn(C)c4)cc3c2)c1. The molecule has 3 aromatic heterocycles. The number of hydrogen-bond donors (Lipinski definition) is 0. The summed E-state index contributed by atoms with van der Waals surface area (Å²) in [5.41, 5.74) is 4.27. The van der Waals surface area contributed by atoms with Crippen LogP contribution in [-0.4, -0.2) is 64.8 Å². The Morgan fingerprint density at radius 1 is 0.897 bits per heavy atom. The molecule has 0 amide bonds. The van der Waals surface area contributed by atoms with Crippen LogP contribution >= 0.6 is 0 Å². The lowest BCUT2D eigenvalue weighted by molar-refractivity contribution is 0.394. The molecule has 3 heterocycles. The van der Waals surface area contributed by atoms with E-state index in [2.05, 4.69) is 21.1 Å². The van der Waals surface area contributed by atoms with Crippen molar-refractivity contribution in [1.82, 2.24) is 28.0 Å². The van der Waals surface area contributed by atoms with Crippen LogP contribution in [0.2, 0.25) is 0 Å². The number of hydrogen-bond acceptors (Lipinski definition) is 8. The summed E-state index contributed by atoms with van der Waals surface area (Å²) in [5.74, 6) is 1.53. The van der Waals surface area contributed by atoms with Gasteiger partial charge in [0.05, 0.1) is 32.5 Å². The van der Waals surface area contributed by atoms with E-state index < -0.39 is 10.2 Å². The van der Waals surface area contributed by atoms with Crippen molar-refractivity contribution in [3.63, 3.8) is 0 Å². The number of anilines is 2. The summed E-state index contributed by atoms with van der Waals surface area (Å²) in [7, 11) is 4.24.